The lowest BCUT2D eigenvalue weighted by Gasteiger charge is -2.13. The van der Waals surface area contributed by atoms with Gasteiger partial charge in [-0.2, -0.15) is 13.2 Å². The van der Waals surface area contributed by atoms with Crippen LogP contribution in [0.1, 0.15) is 32.7 Å². The van der Waals surface area contributed by atoms with Crippen molar-refractivity contribution in [3.63, 3.8) is 0 Å². The van der Waals surface area contributed by atoms with Crippen molar-refractivity contribution in [3.05, 3.63) is 113 Å². The highest BCUT2D eigenvalue weighted by Gasteiger charge is 2.33. The van der Waals surface area contributed by atoms with Crippen LogP contribution >= 0.6 is 0 Å². The molecule has 1 aromatic heterocycles. The summed E-state index contributed by atoms with van der Waals surface area (Å²) in [5.74, 6) is -0.202. The van der Waals surface area contributed by atoms with E-state index < -0.39 is 11.7 Å². The molecule has 1 aliphatic rings. The molecule has 3 aromatic carbocycles. The van der Waals surface area contributed by atoms with Crippen molar-refractivity contribution in [2.45, 2.75) is 12.7 Å². The van der Waals surface area contributed by atoms with Crippen LogP contribution in [0.15, 0.2) is 90.1 Å². The normalized spacial score (nSPS) is 12.7. The summed E-state index contributed by atoms with van der Waals surface area (Å²) in [6.45, 7) is 0.603. The number of fused-ring (bicyclic) bond motifs is 2. The van der Waals surface area contributed by atoms with Crippen LogP contribution < -0.4 is 0 Å². The molecule has 0 fully saturated rings. The Morgan fingerprint density at radius 1 is 0.875 bits per heavy atom. The van der Waals surface area contributed by atoms with Crippen LogP contribution in [0.5, 0.6) is 0 Å². The summed E-state index contributed by atoms with van der Waals surface area (Å²) < 4.78 is 42.0. The minimum atomic E-state index is -4.45. The molecule has 0 aliphatic carbocycles. The first-order valence-electron chi connectivity index (χ1n) is 10.0. The largest absolute Gasteiger partial charge is 0.417 e. The number of carbonyl (C=O) groups is 1. The summed E-state index contributed by atoms with van der Waals surface area (Å²) in [6, 6.07) is 21.2. The Balaban J connectivity index is 1.47. The minimum absolute atomic E-state index is 0.0848. The van der Waals surface area contributed by atoms with Crippen LogP contribution in [0.25, 0.3) is 11.1 Å². The van der Waals surface area contributed by atoms with E-state index in [0.717, 1.165) is 17.3 Å². The van der Waals surface area contributed by atoms with E-state index in [4.69, 9.17) is 0 Å². The molecule has 5 rings (SSSR count). The van der Waals surface area contributed by atoms with E-state index in [-0.39, 0.29) is 11.3 Å². The molecule has 0 saturated carbocycles. The zero-order chi connectivity index (χ0) is 22.3. The summed E-state index contributed by atoms with van der Waals surface area (Å²) in [5.41, 5.74) is 3.33. The summed E-state index contributed by atoms with van der Waals surface area (Å²) in [4.78, 5) is 17.7. The van der Waals surface area contributed by atoms with Gasteiger partial charge in [-0.25, -0.2) is 0 Å². The smallest absolute Gasteiger partial charge is 0.342 e. The van der Waals surface area contributed by atoms with Crippen molar-refractivity contribution in [3.8, 4) is 11.1 Å². The molecule has 0 spiro atoms. The molecule has 3 nitrogen and oxygen atoms in total. The fraction of sp³-hybridized carbons (Fsp3) is 0.0769. The Morgan fingerprint density at radius 3 is 2.38 bits per heavy atom. The maximum atomic E-state index is 13.4. The predicted molar refractivity (Wildman–Crippen MR) is 118 cm³/mol. The second-order valence-corrected chi connectivity index (χ2v) is 7.58. The first kappa shape index (κ1) is 20.0. The van der Waals surface area contributed by atoms with E-state index in [2.05, 4.69) is 4.99 Å². The van der Waals surface area contributed by atoms with E-state index in [1.54, 1.807) is 42.6 Å². The average Bonchev–Trinajstić information content (AvgIpc) is 3.10. The molecule has 0 radical (unpaired) electrons. The van der Waals surface area contributed by atoms with Gasteiger partial charge in [0.25, 0.3) is 0 Å². The summed E-state index contributed by atoms with van der Waals surface area (Å²) in [5, 5.41) is 0. The molecule has 0 unspecified atom stereocenters. The van der Waals surface area contributed by atoms with Crippen LogP contribution in [0, 0.1) is 0 Å². The van der Waals surface area contributed by atoms with Crippen molar-refractivity contribution in [2.75, 3.05) is 0 Å². The third kappa shape index (κ3) is 3.54. The highest BCUT2D eigenvalue weighted by Crippen LogP contribution is 2.37. The van der Waals surface area contributed by atoms with Gasteiger partial charge in [-0.3, -0.25) is 9.79 Å². The third-order valence-electron chi connectivity index (χ3n) is 5.60. The standard InChI is InChI=1S/C26H17F3N2O/c27-26(28,29)22-7-3-2-6-20(22)17-9-11-18(12-10-17)25(32)21-13-14-31-16-19-5-1-4-8-23(19)30-15-24(21)31/h1-15H,16H2. The predicted octanol–water partition coefficient (Wildman–Crippen LogP) is 6.52. The van der Waals surface area contributed by atoms with Gasteiger partial charge in [-0.1, -0.05) is 60.7 Å². The number of ketones is 1. The van der Waals surface area contributed by atoms with Gasteiger partial charge in [-0.15, -0.1) is 0 Å². The number of rotatable bonds is 3. The zero-order valence-corrected chi connectivity index (χ0v) is 16.8. The Bertz CT molecular complexity index is 1350. The minimum Gasteiger partial charge on any atom is -0.342 e. The fourth-order valence-corrected chi connectivity index (χ4v) is 3.98. The molecule has 6 heteroatoms. The molecular weight excluding hydrogens is 413 g/mol. The number of nitrogens with zero attached hydrogens (tertiary/aromatic N) is 2. The number of benzene rings is 3. The van der Waals surface area contributed by atoms with Gasteiger partial charge in [0, 0.05) is 23.9 Å². The average molecular weight is 430 g/mol. The van der Waals surface area contributed by atoms with Crippen LogP contribution in [0.2, 0.25) is 0 Å². The van der Waals surface area contributed by atoms with Crippen molar-refractivity contribution < 1.29 is 18.0 Å². The molecule has 158 valence electrons. The summed E-state index contributed by atoms with van der Waals surface area (Å²) in [6.07, 6.45) is -0.913. The lowest BCUT2D eigenvalue weighted by molar-refractivity contribution is -0.137. The van der Waals surface area contributed by atoms with Crippen molar-refractivity contribution in [1.82, 2.24) is 4.57 Å². The highest BCUT2D eigenvalue weighted by atomic mass is 19.4. The lowest BCUT2D eigenvalue weighted by atomic mass is 9.96. The molecule has 32 heavy (non-hydrogen) atoms. The van der Waals surface area contributed by atoms with Gasteiger partial charge in [-0.05, 0) is 34.9 Å². The zero-order valence-electron chi connectivity index (χ0n) is 16.8. The molecule has 0 amide bonds. The second-order valence-electron chi connectivity index (χ2n) is 7.58. The summed E-state index contributed by atoms with van der Waals surface area (Å²) >= 11 is 0. The summed E-state index contributed by atoms with van der Waals surface area (Å²) in [7, 11) is 0. The molecule has 0 atom stereocenters. The first-order chi connectivity index (χ1) is 15.4. The fourth-order valence-electron chi connectivity index (χ4n) is 3.98. The van der Waals surface area contributed by atoms with E-state index in [0.29, 0.717) is 28.9 Å². The number of hydrogen-bond acceptors (Lipinski definition) is 2. The molecule has 0 N–H and O–H groups in total. The van der Waals surface area contributed by atoms with Crippen LogP contribution in [0.3, 0.4) is 0 Å². The molecule has 1 aliphatic heterocycles. The van der Waals surface area contributed by atoms with E-state index >= 15 is 0 Å². The number of halogens is 3. The van der Waals surface area contributed by atoms with Crippen LogP contribution in [-0.4, -0.2) is 16.6 Å². The van der Waals surface area contributed by atoms with Gasteiger partial charge in [0.15, 0.2) is 5.78 Å². The number of alkyl halides is 3. The quantitative estimate of drug-likeness (QED) is 0.300. The number of para-hydroxylation sites is 1. The van der Waals surface area contributed by atoms with Crippen molar-refractivity contribution in [2.24, 2.45) is 4.99 Å². The Hall–Kier alpha value is -3.93. The molecule has 2 heterocycles. The van der Waals surface area contributed by atoms with Crippen molar-refractivity contribution >= 4 is 17.7 Å². The SMILES string of the molecule is O=C(c1ccc(-c2ccccc2C(F)(F)F)cc1)c1ccn2c1C=Nc1ccccc1C2. The molecule has 0 saturated heterocycles. The van der Waals surface area contributed by atoms with Crippen LogP contribution in [-0.2, 0) is 12.7 Å². The Kier molecular flexibility index (Phi) is 4.78. The molecular formula is C26H17F3N2O. The highest BCUT2D eigenvalue weighted by molar-refractivity contribution is 6.13. The molecule has 4 aromatic rings. The van der Waals surface area contributed by atoms with E-state index in [9.17, 15) is 18.0 Å². The maximum Gasteiger partial charge on any atom is 0.417 e. The Morgan fingerprint density at radius 2 is 1.59 bits per heavy atom. The topological polar surface area (TPSA) is 34.4 Å². The number of carbonyl (C=O) groups excluding carboxylic acids is 1. The first-order valence-corrected chi connectivity index (χ1v) is 10.0. The second kappa shape index (κ2) is 7.64. The maximum absolute atomic E-state index is 13.4. The van der Waals surface area contributed by atoms with Gasteiger partial charge in [0.05, 0.1) is 23.2 Å². The Labute approximate surface area is 182 Å². The lowest BCUT2D eigenvalue weighted by Crippen LogP contribution is -2.08. The van der Waals surface area contributed by atoms with E-state index in [1.807, 2.05) is 35.0 Å². The van der Waals surface area contributed by atoms with Crippen molar-refractivity contribution in [1.29, 1.82) is 0 Å². The number of aliphatic imine (C=N–C) groups is 1. The monoisotopic (exact) mass is 430 g/mol. The number of hydrogen-bond donors (Lipinski definition) is 0. The van der Waals surface area contributed by atoms with Gasteiger partial charge < -0.3 is 4.57 Å². The van der Waals surface area contributed by atoms with E-state index in [1.165, 1.54) is 12.1 Å². The van der Waals surface area contributed by atoms with Crippen LogP contribution in [0.4, 0.5) is 18.9 Å². The number of aromatic nitrogens is 1. The van der Waals surface area contributed by atoms with Gasteiger partial charge in [0.2, 0.25) is 0 Å². The van der Waals surface area contributed by atoms with Gasteiger partial charge >= 0.3 is 6.18 Å². The third-order valence-corrected chi connectivity index (χ3v) is 5.60. The molecule has 0 bridgehead atoms. The van der Waals surface area contributed by atoms with Gasteiger partial charge in [0.1, 0.15) is 0 Å².